The van der Waals surface area contributed by atoms with Crippen LogP contribution in [-0.2, 0) is 10.0 Å². The Morgan fingerprint density at radius 2 is 1.95 bits per heavy atom. The van der Waals surface area contributed by atoms with Crippen LogP contribution in [0.3, 0.4) is 0 Å². The zero-order valence-electron chi connectivity index (χ0n) is 12.8. The molecule has 0 radical (unpaired) electrons. The average Bonchev–Trinajstić information content (AvgIpc) is 2.49. The van der Waals surface area contributed by atoms with Crippen molar-refractivity contribution < 1.29 is 8.42 Å². The second kappa shape index (κ2) is 6.77. The number of benzene rings is 1. The predicted octanol–water partition coefficient (Wildman–Crippen LogP) is 2.86. The molecule has 0 spiro atoms. The topological polar surface area (TPSA) is 40.6 Å². The van der Waals surface area contributed by atoms with Gasteiger partial charge in [0.25, 0.3) is 0 Å². The van der Waals surface area contributed by atoms with Gasteiger partial charge in [0.15, 0.2) is 0 Å². The van der Waals surface area contributed by atoms with Gasteiger partial charge >= 0.3 is 0 Å². The summed E-state index contributed by atoms with van der Waals surface area (Å²) < 4.78 is 28.0. The molecule has 0 aliphatic carbocycles. The minimum atomic E-state index is -3.41. The highest BCUT2D eigenvalue weighted by molar-refractivity contribution is 9.10. The second-order valence-corrected chi connectivity index (χ2v) is 8.45. The fourth-order valence-electron chi connectivity index (χ4n) is 2.74. The first kappa shape index (κ1) is 16.9. The van der Waals surface area contributed by atoms with Gasteiger partial charge in [-0.1, -0.05) is 22.9 Å². The van der Waals surface area contributed by atoms with Crippen LogP contribution >= 0.6 is 15.9 Å². The van der Waals surface area contributed by atoms with Crippen LogP contribution in [-0.4, -0.2) is 50.3 Å². The van der Waals surface area contributed by atoms with Crippen molar-refractivity contribution in [2.75, 3.05) is 26.7 Å². The maximum Gasteiger partial charge on any atom is 0.243 e. The van der Waals surface area contributed by atoms with E-state index in [0.29, 0.717) is 4.90 Å². The molecule has 1 aromatic rings. The fraction of sp³-hybridized carbons (Fsp3) is 0.600. The standard InChI is InChI=1S/C15H23BrN2O2S/c1-4-18-9-7-13(8-10-18)17(3)21(19,20)14-5-6-15(16)12(2)11-14/h5-6,11,13H,4,7-10H2,1-3H3. The van der Waals surface area contributed by atoms with Crippen LogP contribution in [0.4, 0.5) is 0 Å². The molecule has 21 heavy (non-hydrogen) atoms. The second-order valence-electron chi connectivity index (χ2n) is 5.60. The molecular weight excluding hydrogens is 352 g/mol. The van der Waals surface area contributed by atoms with E-state index in [1.54, 1.807) is 29.6 Å². The van der Waals surface area contributed by atoms with E-state index < -0.39 is 10.0 Å². The molecular formula is C15H23BrN2O2S. The van der Waals surface area contributed by atoms with Crippen LogP contribution in [0.15, 0.2) is 27.6 Å². The normalized spacial score (nSPS) is 18.3. The first-order chi connectivity index (χ1) is 9.86. The summed E-state index contributed by atoms with van der Waals surface area (Å²) in [5.74, 6) is 0. The van der Waals surface area contributed by atoms with Gasteiger partial charge in [-0.2, -0.15) is 4.31 Å². The third-order valence-electron chi connectivity index (χ3n) is 4.32. The van der Waals surface area contributed by atoms with Gasteiger partial charge in [-0.3, -0.25) is 0 Å². The lowest BCUT2D eigenvalue weighted by Gasteiger charge is -2.35. The Hall–Kier alpha value is -0.430. The van der Waals surface area contributed by atoms with Crippen LogP contribution in [0.1, 0.15) is 25.3 Å². The van der Waals surface area contributed by atoms with Crippen LogP contribution < -0.4 is 0 Å². The number of hydrogen-bond donors (Lipinski definition) is 0. The molecule has 118 valence electrons. The molecule has 0 atom stereocenters. The van der Waals surface area contributed by atoms with E-state index in [2.05, 4.69) is 27.8 Å². The molecule has 6 heteroatoms. The number of piperidine rings is 1. The van der Waals surface area contributed by atoms with Crippen molar-refractivity contribution in [3.8, 4) is 0 Å². The zero-order valence-corrected chi connectivity index (χ0v) is 15.2. The minimum absolute atomic E-state index is 0.0988. The summed E-state index contributed by atoms with van der Waals surface area (Å²) in [7, 11) is -1.70. The summed E-state index contributed by atoms with van der Waals surface area (Å²) in [5, 5.41) is 0. The van der Waals surface area contributed by atoms with Crippen LogP contribution in [0.2, 0.25) is 0 Å². The molecule has 0 unspecified atom stereocenters. The maximum absolute atomic E-state index is 12.7. The van der Waals surface area contributed by atoms with E-state index in [1.807, 2.05) is 6.92 Å². The average molecular weight is 375 g/mol. The van der Waals surface area contributed by atoms with E-state index in [1.165, 1.54) is 0 Å². The number of nitrogens with zero attached hydrogens (tertiary/aromatic N) is 2. The Kier molecular flexibility index (Phi) is 5.46. The van der Waals surface area contributed by atoms with Crippen LogP contribution in [0.25, 0.3) is 0 Å². The van der Waals surface area contributed by atoms with Gasteiger partial charge in [0, 0.05) is 17.6 Å². The maximum atomic E-state index is 12.7. The smallest absolute Gasteiger partial charge is 0.243 e. The molecule has 0 N–H and O–H groups in total. The van der Waals surface area contributed by atoms with Gasteiger partial charge in [0.2, 0.25) is 10.0 Å². The highest BCUT2D eigenvalue weighted by Crippen LogP contribution is 2.25. The number of sulfonamides is 1. The van der Waals surface area contributed by atoms with Crippen molar-refractivity contribution in [3.63, 3.8) is 0 Å². The summed E-state index contributed by atoms with van der Waals surface area (Å²) >= 11 is 3.41. The Morgan fingerprint density at radius 1 is 1.33 bits per heavy atom. The van der Waals surface area contributed by atoms with Gasteiger partial charge in [-0.15, -0.1) is 0 Å². The van der Waals surface area contributed by atoms with Gasteiger partial charge in [0.05, 0.1) is 4.90 Å². The molecule has 1 fully saturated rings. The Labute approximate surface area is 136 Å². The Morgan fingerprint density at radius 3 is 2.48 bits per heavy atom. The zero-order chi connectivity index (χ0) is 15.6. The fourth-order valence-corrected chi connectivity index (χ4v) is 4.49. The van der Waals surface area contributed by atoms with Gasteiger partial charge in [0.1, 0.15) is 0 Å². The SMILES string of the molecule is CCN1CCC(N(C)S(=O)(=O)c2ccc(Br)c(C)c2)CC1. The first-order valence-electron chi connectivity index (χ1n) is 7.32. The monoisotopic (exact) mass is 374 g/mol. The largest absolute Gasteiger partial charge is 0.303 e. The highest BCUT2D eigenvalue weighted by atomic mass is 79.9. The van der Waals surface area contributed by atoms with Crippen LogP contribution in [0.5, 0.6) is 0 Å². The van der Waals surface area contributed by atoms with Crippen molar-refractivity contribution in [1.82, 2.24) is 9.21 Å². The summed E-state index contributed by atoms with van der Waals surface area (Å²) in [6.45, 7) is 7.03. The molecule has 0 amide bonds. The van der Waals surface area contributed by atoms with Crippen molar-refractivity contribution in [1.29, 1.82) is 0 Å². The number of rotatable bonds is 4. The van der Waals surface area contributed by atoms with E-state index in [-0.39, 0.29) is 6.04 Å². The molecule has 0 saturated carbocycles. The van der Waals surface area contributed by atoms with E-state index in [9.17, 15) is 8.42 Å². The minimum Gasteiger partial charge on any atom is -0.303 e. The van der Waals surface area contributed by atoms with Gasteiger partial charge in [-0.05, 0) is 63.2 Å². The lowest BCUT2D eigenvalue weighted by Crippen LogP contribution is -2.45. The molecule has 1 aliphatic rings. The summed E-state index contributed by atoms with van der Waals surface area (Å²) in [4.78, 5) is 2.74. The van der Waals surface area contributed by atoms with Gasteiger partial charge < -0.3 is 4.90 Å². The predicted molar refractivity (Wildman–Crippen MR) is 89.0 cm³/mol. The molecule has 0 bridgehead atoms. The van der Waals surface area contributed by atoms with Crippen molar-refractivity contribution in [3.05, 3.63) is 28.2 Å². The molecule has 1 aliphatic heterocycles. The summed E-state index contributed by atoms with van der Waals surface area (Å²) in [6.07, 6.45) is 1.80. The Balaban J connectivity index is 2.17. The number of hydrogen-bond acceptors (Lipinski definition) is 3. The lowest BCUT2D eigenvalue weighted by atomic mass is 10.1. The van der Waals surface area contributed by atoms with Gasteiger partial charge in [-0.25, -0.2) is 8.42 Å². The Bertz CT molecular complexity index is 596. The van der Waals surface area contributed by atoms with Crippen LogP contribution in [0, 0.1) is 6.92 Å². The molecule has 4 nitrogen and oxygen atoms in total. The quantitative estimate of drug-likeness (QED) is 0.813. The third kappa shape index (κ3) is 3.67. The molecule has 1 heterocycles. The van der Waals surface area contributed by atoms with Crippen molar-refractivity contribution in [2.24, 2.45) is 0 Å². The highest BCUT2D eigenvalue weighted by Gasteiger charge is 2.30. The molecule has 0 aromatic heterocycles. The third-order valence-corrected chi connectivity index (χ3v) is 7.12. The first-order valence-corrected chi connectivity index (χ1v) is 9.56. The molecule has 2 rings (SSSR count). The molecule has 1 saturated heterocycles. The van der Waals surface area contributed by atoms with Crippen molar-refractivity contribution in [2.45, 2.75) is 37.6 Å². The van der Waals surface area contributed by atoms with Crippen molar-refractivity contribution >= 4 is 26.0 Å². The summed E-state index contributed by atoms with van der Waals surface area (Å²) in [6, 6.07) is 5.30. The number of likely N-dealkylation sites (tertiary alicyclic amines) is 1. The van der Waals surface area contributed by atoms with E-state index in [4.69, 9.17) is 0 Å². The van der Waals surface area contributed by atoms with E-state index >= 15 is 0 Å². The number of aryl methyl sites for hydroxylation is 1. The number of halogens is 1. The van der Waals surface area contributed by atoms with E-state index in [0.717, 1.165) is 42.5 Å². The summed E-state index contributed by atoms with van der Waals surface area (Å²) in [5.41, 5.74) is 0.935. The lowest BCUT2D eigenvalue weighted by molar-refractivity contribution is 0.176. The molecule has 1 aromatic carbocycles.